The summed E-state index contributed by atoms with van der Waals surface area (Å²) in [4.78, 5) is 11.3. The van der Waals surface area contributed by atoms with Gasteiger partial charge in [0.15, 0.2) is 5.75 Å². The molecule has 4 heteroatoms. The molecule has 0 saturated heterocycles. The minimum absolute atomic E-state index is 0.0831. The Morgan fingerprint density at radius 2 is 1.48 bits per heavy atom. The van der Waals surface area contributed by atoms with Crippen molar-refractivity contribution >= 4 is 17.3 Å². The highest BCUT2D eigenvalue weighted by atomic mass is 16.5. The zero-order valence-electron chi connectivity index (χ0n) is 14.0. The van der Waals surface area contributed by atoms with Crippen LogP contribution in [0.5, 0.6) is 11.5 Å². The fourth-order valence-electron chi connectivity index (χ4n) is 2.49. The van der Waals surface area contributed by atoms with Crippen LogP contribution in [0.25, 0.3) is 0 Å². The van der Waals surface area contributed by atoms with Crippen LogP contribution >= 0.6 is 0 Å². The summed E-state index contributed by atoms with van der Waals surface area (Å²) in [6.07, 6.45) is 0. The van der Waals surface area contributed by atoms with E-state index in [-0.39, 0.29) is 5.91 Å². The summed E-state index contributed by atoms with van der Waals surface area (Å²) in [5.41, 5.74) is 2.71. The van der Waals surface area contributed by atoms with E-state index < -0.39 is 0 Å². The Morgan fingerprint density at radius 3 is 2.24 bits per heavy atom. The number of nitrogens with one attached hydrogen (secondary N) is 2. The van der Waals surface area contributed by atoms with Crippen molar-refractivity contribution in [2.24, 2.45) is 0 Å². The third-order valence-corrected chi connectivity index (χ3v) is 3.66. The van der Waals surface area contributed by atoms with E-state index in [1.54, 1.807) is 0 Å². The quantitative estimate of drug-likeness (QED) is 0.664. The first-order valence-corrected chi connectivity index (χ1v) is 8.13. The molecule has 126 valence electrons. The van der Waals surface area contributed by atoms with Gasteiger partial charge in [0.25, 0.3) is 0 Å². The maximum absolute atomic E-state index is 11.3. The maximum Gasteiger partial charge on any atom is 0.221 e. The van der Waals surface area contributed by atoms with Crippen molar-refractivity contribution in [1.82, 2.24) is 0 Å². The van der Waals surface area contributed by atoms with Gasteiger partial charge in [0.2, 0.25) is 5.91 Å². The molecule has 0 aliphatic rings. The van der Waals surface area contributed by atoms with Crippen molar-refractivity contribution in [3.63, 3.8) is 0 Å². The van der Waals surface area contributed by atoms with E-state index in [0.717, 1.165) is 28.4 Å². The summed E-state index contributed by atoms with van der Waals surface area (Å²) < 4.78 is 5.96. The summed E-state index contributed by atoms with van der Waals surface area (Å²) in [5.74, 6) is 1.46. The topological polar surface area (TPSA) is 50.4 Å². The Hall–Kier alpha value is -3.27. The van der Waals surface area contributed by atoms with E-state index in [4.69, 9.17) is 4.74 Å². The lowest BCUT2D eigenvalue weighted by Gasteiger charge is -2.15. The van der Waals surface area contributed by atoms with Crippen LogP contribution in [0.3, 0.4) is 0 Å². The average molecular weight is 332 g/mol. The highest BCUT2D eigenvalue weighted by Crippen LogP contribution is 2.30. The zero-order chi connectivity index (χ0) is 17.5. The zero-order valence-corrected chi connectivity index (χ0v) is 14.0. The van der Waals surface area contributed by atoms with Gasteiger partial charge < -0.3 is 15.4 Å². The first-order valence-electron chi connectivity index (χ1n) is 8.13. The van der Waals surface area contributed by atoms with Crippen LogP contribution < -0.4 is 15.4 Å². The van der Waals surface area contributed by atoms with Gasteiger partial charge in [-0.25, -0.2) is 0 Å². The Bertz CT molecular complexity index is 847. The van der Waals surface area contributed by atoms with Crippen molar-refractivity contribution < 1.29 is 9.53 Å². The van der Waals surface area contributed by atoms with Gasteiger partial charge in [0.1, 0.15) is 5.75 Å². The fraction of sp³-hybridized carbons (Fsp3) is 0.0952. The molecular formula is C21H20N2O2. The Labute approximate surface area is 147 Å². The van der Waals surface area contributed by atoms with Crippen LogP contribution in [0, 0.1) is 0 Å². The highest BCUT2D eigenvalue weighted by Gasteiger charge is 2.07. The summed E-state index contributed by atoms with van der Waals surface area (Å²) in [7, 11) is 0. The SMILES string of the molecule is CC(=O)Nc1ccccc1CNc1ccccc1Oc1ccccc1. The normalized spacial score (nSPS) is 10.1. The molecule has 0 radical (unpaired) electrons. The van der Waals surface area contributed by atoms with Gasteiger partial charge in [0, 0.05) is 19.2 Å². The van der Waals surface area contributed by atoms with Gasteiger partial charge in [-0.1, -0.05) is 48.5 Å². The van der Waals surface area contributed by atoms with E-state index in [9.17, 15) is 4.79 Å². The summed E-state index contributed by atoms with van der Waals surface area (Å²) in [5, 5.41) is 6.24. The Balaban J connectivity index is 1.75. The second-order valence-electron chi connectivity index (χ2n) is 5.60. The summed E-state index contributed by atoms with van der Waals surface area (Å²) in [6.45, 7) is 2.08. The molecule has 0 spiro atoms. The number of anilines is 2. The maximum atomic E-state index is 11.3. The molecule has 3 aromatic carbocycles. The lowest BCUT2D eigenvalue weighted by Crippen LogP contribution is -2.10. The van der Waals surface area contributed by atoms with Gasteiger partial charge in [0.05, 0.1) is 5.69 Å². The third kappa shape index (κ3) is 4.61. The van der Waals surface area contributed by atoms with Crippen molar-refractivity contribution in [2.75, 3.05) is 10.6 Å². The lowest BCUT2D eigenvalue weighted by molar-refractivity contribution is -0.114. The van der Waals surface area contributed by atoms with Gasteiger partial charge in [-0.2, -0.15) is 0 Å². The van der Waals surface area contributed by atoms with Crippen molar-refractivity contribution in [3.05, 3.63) is 84.4 Å². The van der Waals surface area contributed by atoms with E-state index in [1.807, 2.05) is 78.9 Å². The van der Waals surface area contributed by atoms with E-state index in [2.05, 4.69) is 10.6 Å². The second kappa shape index (κ2) is 8.02. The predicted octanol–water partition coefficient (Wildman–Crippen LogP) is 5.05. The average Bonchev–Trinajstić information content (AvgIpc) is 2.62. The van der Waals surface area contributed by atoms with E-state index in [1.165, 1.54) is 6.92 Å². The monoisotopic (exact) mass is 332 g/mol. The molecule has 0 aliphatic heterocycles. The molecule has 0 aromatic heterocycles. The third-order valence-electron chi connectivity index (χ3n) is 3.66. The number of rotatable bonds is 6. The van der Waals surface area contributed by atoms with Gasteiger partial charge in [-0.15, -0.1) is 0 Å². The number of hydrogen-bond acceptors (Lipinski definition) is 3. The standard InChI is InChI=1S/C21H20N2O2/c1-16(24)23-19-12-6-5-9-17(19)15-22-20-13-7-8-14-21(20)25-18-10-3-2-4-11-18/h2-14,22H,15H2,1H3,(H,23,24). The van der Waals surface area contributed by atoms with Crippen LogP contribution in [0.1, 0.15) is 12.5 Å². The molecule has 0 heterocycles. The molecule has 3 aromatic rings. The molecule has 1 amide bonds. The first kappa shape index (κ1) is 16.6. The highest BCUT2D eigenvalue weighted by molar-refractivity contribution is 5.89. The molecule has 0 unspecified atom stereocenters. The summed E-state index contributed by atoms with van der Waals surface area (Å²) >= 11 is 0. The number of carbonyl (C=O) groups is 1. The van der Waals surface area contributed by atoms with Gasteiger partial charge in [-0.05, 0) is 35.9 Å². The summed E-state index contributed by atoms with van der Waals surface area (Å²) in [6, 6.07) is 25.2. The Morgan fingerprint density at radius 1 is 0.840 bits per heavy atom. The number of ether oxygens (including phenoxy) is 1. The Kier molecular flexibility index (Phi) is 5.32. The second-order valence-corrected chi connectivity index (χ2v) is 5.60. The van der Waals surface area contributed by atoms with Crippen molar-refractivity contribution in [2.45, 2.75) is 13.5 Å². The number of amides is 1. The number of para-hydroxylation sites is 4. The van der Waals surface area contributed by atoms with Crippen molar-refractivity contribution in [3.8, 4) is 11.5 Å². The molecule has 0 aliphatic carbocycles. The minimum Gasteiger partial charge on any atom is -0.455 e. The fourth-order valence-corrected chi connectivity index (χ4v) is 2.49. The molecule has 0 atom stereocenters. The van der Waals surface area contributed by atoms with Gasteiger partial charge >= 0.3 is 0 Å². The molecular weight excluding hydrogens is 312 g/mol. The first-order chi connectivity index (χ1) is 12.2. The lowest BCUT2D eigenvalue weighted by atomic mass is 10.1. The molecule has 0 fully saturated rings. The van der Waals surface area contributed by atoms with Crippen LogP contribution in [0.4, 0.5) is 11.4 Å². The smallest absolute Gasteiger partial charge is 0.221 e. The molecule has 0 bridgehead atoms. The predicted molar refractivity (Wildman–Crippen MR) is 101 cm³/mol. The van der Waals surface area contributed by atoms with E-state index >= 15 is 0 Å². The number of hydrogen-bond donors (Lipinski definition) is 2. The van der Waals surface area contributed by atoms with Crippen LogP contribution in [0.15, 0.2) is 78.9 Å². The van der Waals surface area contributed by atoms with E-state index in [0.29, 0.717) is 6.54 Å². The van der Waals surface area contributed by atoms with Gasteiger partial charge in [-0.3, -0.25) is 4.79 Å². The number of benzene rings is 3. The number of carbonyl (C=O) groups excluding carboxylic acids is 1. The molecule has 0 saturated carbocycles. The minimum atomic E-state index is -0.0831. The molecule has 3 rings (SSSR count). The molecule has 2 N–H and O–H groups in total. The van der Waals surface area contributed by atoms with Crippen molar-refractivity contribution in [1.29, 1.82) is 0 Å². The largest absolute Gasteiger partial charge is 0.455 e. The van der Waals surface area contributed by atoms with Crippen LogP contribution in [-0.4, -0.2) is 5.91 Å². The van der Waals surface area contributed by atoms with Crippen LogP contribution in [0.2, 0.25) is 0 Å². The molecule has 4 nitrogen and oxygen atoms in total. The van der Waals surface area contributed by atoms with Crippen LogP contribution in [-0.2, 0) is 11.3 Å². The molecule has 25 heavy (non-hydrogen) atoms.